The molecule has 6 heteroatoms. The van der Waals surface area contributed by atoms with Crippen molar-refractivity contribution in [2.75, 3.05) is 0 Å². The zero-order valence-corrected chi connectivity index (χ0v) is 15.7. The molecule has 2 aliphatic heterocycles. The zero-order valence-electron chi connectivity index (χ0n) is 14.1. The summed E-state index contributed by atoms with van der Waals surface area (Å²) in [6, 6.07) is 12.1. The molecule has 2 aliphatic rings. The standard InChI is InChI=1S/C21H13NO3S2/c23-20-13(8-19(26)22-20)6-15-10-27-18-4-2-12(7-17(15)18)11-1-3-16-14(5-11)9-25-21(16)24/h1-7,10H,8-9H2,(H,22,23,26)/b13-6+. The number of thiophene rings is 1. The summed E-state index contributed by atoms with van der Waals surface area (Å²) in [4.78, 5) is 24.2. The van der Waals surface area contributed by atoms with E-state index in [-0.39, 0.29) is 11.9 Å². The molecule has 27 heavy (non-hydrogen) atoms. The number of fused-ring (bicyclic) bond motifs is 2. The first kappa shape index (κ1) is 16.4. The van der Waals surface area contributed by atoms with E-state index in [1.54, 1.807) is 11.3 Å². The Hall–Kier alpha value is -2.83. The van der Waals surface area contributed by atoms with Crippen molar-refractivity contribution in [3.8, 4) is 11.1 Å². The Labute approximate surface area is 164 Å². The monoisotopic (exact) mass is 391 g/mol. The molecule has 3 aromatic rings. The predicted molar refractivity (Wildman–Crippen MR) is 110 cm³/mol. The van der Waals surface area contributed by atoms with Crippen LogP contribution in [0.4, 0.5) is 0 Å². The van der Waals surface area contributed by atoms with Crippen LogP contribution < -0.4 is 5.32 Å². The fourth-order valence-corrected chi connectivity index (χ4v) is 4.61. The summed E-state index contributed by atoms with van der Waals surface area (Å²) in [7, 11) is 0. The third kappa shape index (κ3) is 2.78. The molecule has 0 unspecified atom stereocenters. The minimum absolute atomic E-state index is 0.112. The molecular formula is C21H13NO3S2. The molecule has 0 bridgehead atoms. The molecule has 2 aromatic carbocycles. The van der Waals surface area contributed by atoms with Crippen LogP contribution in [-0.4, -0.2) is 16.9 Å². The highest BCUT2D eigenvalue weighted by Gasteiger charge is 2.22. The van der Waals surface area contributed by atoms with Crippen LogP contribution in [0.1, 0.15) is 27.9 Å². The smallest absolute Gasteiger partial charge is 0.338 e. The van der Waals surface area contributed by atoms with Crippen LogP contribution in [0.2, 0.25) is 0 Å². The molecule has 0 radical (unpaired) electrons. The normalized spacial score (nSPS) is 17.5. The minimum Gasteiger partial charge on any atom is -0.457 e. The average Bonchev–Trinajstić information content (AvgIpc) is 3.33. The fourth-order valence-electron chi connectivity index (χ4n) is 3.46. The number of benzene rings is 2. The Morgan fingerprint density at radius 1 is 1.11 bits per heavy atom. The number of carbonyl (C=O) groups excluding carboxylic acids is 2. The van der Waals surface area contributed by atoms with E-state index in [1.807, 2.05) is 24.3 Å². The van der Waals surface area contributed by atoms with E-state index in [1.165, 1.54) is 0 Å². The van der Waals surface area contributed by atoms with Crippen molar-refractivity contribution >= 4 is 56.6 Å². The van der Waals surface area contributed by atoms with Gasteiger partial charge >= 0.3 is 5.97 Å². The lowest BCUT2D eigenvalue weighted by Gasteiger charge is -2.05. The van der Waals surface area contributed by atoms with Crippen LogP contribution in [0, 0.1) is 0 Å². The van der Waals surface area contributed by atoms with Gasteiger partial charge in [0.2, 0.25) is 0 Å². The summed E-state index contributed by atoms with van der Waals surface area (Å²) >= 11 is 6.74. The maximum absolute atomic E-state index is 12.0. The predicted octanol–water partition coefficient (Wildman–Crippen LogP) is 4.47. The summed E-state index contributed by atoms with van der Waals surface area (Å²) in [5.41, 5.74) is 5.38. The van der Waals surface area contributed by atoms with E-state index in [2.05, 4.69) is 28.9 Å². The van der Waals surface area contributed by atoms with E-state index in [0.717, 1.165) is 32.3 Å². The third-order valence-electron chi connectivity index (χ3n) is 4.85. The van der Waals surface area contributed by atoms with Gasteiger partial charge in [-0.3, -0.25) is 4.79 Å². The topological polar surface area (TPSA) is 55.4 Å². The minimum atomic E-state index is -0.258. The first-order valence-corrected chi connectivity index (χ1v) is 9.74. The SMILES string of the molecule is O=C1NC(=S)C/C1=C\c1csc2ccc(-c3ccc4c(c3)COC4=O)cc12. The number of nitrogens with one attached hydrogen (secondary N) is 1. The Morgan fingerprint density at radius 2 is 1.93 bits per heavy atom. The van der Waals surface area contributed by atoms with Gasteiger partial charge in [0, 0.05) is 27.6 Å². The number of carbonyl (C=O) groups is 2. The van der Waals surface area contributed by atoms with E-state index in [0.29, 0.717) is 29.2 Å². The number of cyclic esters (lactones) is 1. The van der Waals surface area contributed by atoms with Crippen molar-refractivity contribution in [3.63, 3.8) is 0 Å². The molecule has 1 saturated heterocycles. The highest BCUT2D eigenvalue weighted by molar-refractivity contribution is 7.80. The van der Waals surface area contributed by atoms with Gasteiger partial charge in [-0.25, -0.2) is 4.79 Å². The van der Waals surface area contributed by atoms with Crippen molar-refractivity contribution in [3.05, 3.63) is 64.0 Å². The summed E-state index contributed by atoms with van der Waals surface area (Å²) in [6.07, 6.45) is 2.41. The molecule has 0 saturated carbocycles. The van der Waals surface area contributed by atoms with Gasteiger partial charge in [0.05, 0.1) is 10.6 Å². The van der Waals surface area contributed by atoms with Crippen molar-refractivity contribution in [1.29, 1.82) is 0 Å². The molecule has 0 spiro atoms. The van der Waals surface area contributed by atoms with Crippen molar-refractivity contribution in [1.82, 2.24) is 5.32 Å². The van der Waals surface area contributed by atoms with Crippen LogP contribution in [0.15, 0.2) is 47.4 Å². The Bertz CT molecular complexity index is 1190. The summed E-state index contributed by atoms with van der Waals surface area (Å²) in [5.74, 6) is -0.370. The molecule has 3 heterocycles. The van der Waals surface area contributed by atoms with Crippen LogP contribution in [-0.2, 0) is 16.1 Å². The Morgan fingerprint density at radius 3 is 2.74 bits per heavy atom. The van der Waals surface area contributed by atoms with E-state index >= 15 is 0 Å². The van der Waals surface area contributed by atoms with Gasteiger partial charge < -0.3 is 10.1 Å². The van der Waals surface area contributed by atoms with E-state index < -0.39 is 0 Å². The number of amides is 1. The molecule has 0 aliphatic carbocycles. The first-order valence-electron chi connectivity index (χ1n) is 8.45. The fraction of sp³-hybridized carbons (Fsp3) is 0.0952. The lowest BCUT2D eigenvalue weighted by molar-refractivity contribution is -0.115. The number of esters is 1. The van der Waals surface area contributed by atoms with Gasteiger partial charge in [-0.1, -0.05) is 24.4 Å². The summed E-state index contributed by atoms with van der Waals surface area (Å²) in [5, 5.41) is 5.84. The van der Waals surface area contributed by atoms with Crippen LogP contribution >= 0.6 is 23.6 Å². The molecule has 5 rings (SSSR count). The molecule has 1 fully saturated rings. The highest BCUT2D eigenvalue weighted by atomic mass is 32.1. The van der Waals surface area contributed by atoms with Gasteiger partial charge in [-0.05, 0) is 52.4 Å². The lowest BCUT2D eigenvalue weighted by atomic mass is 9.98. The maximum Gasteiger partial charge on any atom is 0.338 e. The molecule has 0 atom stereocenters. The van der Waals surface area contributed by atoms with Crippen molar-refractivity contribution in [2.24, 2.45) is 0 Å². The van der Waals surface area contributed by atoms with Gasteiger partial charge in [0.15, 0.2) is 0 Å². The quantitative estimate of drug-likeness (QED) is 0.398. The summed E-state index contributed by atoms with van der Waals surface area (Å²) < 4.78 is 6.25. The van der Waals surface area contributed by atoms with Crippen LogP contribution in [0.3, 0.4) is 0 Å². The highest BCUT2D eigenvalue weighted by Crippen LogP contribution is 2.34. The van der Waals surface area contributed by atoms with Crippen LogP contribution in [0.5, 0.6) is 0 Å². The Kier molecular flexibility index (Phi) is 3.70. The second-order valence-electron chi connectivity index (χ2n) is 6.57. The van der Waals surface area contributed by atoms with Gasteiger partial charge in [0.1, 0.15) is 6.61 Å². The Balaban J connectivity index is 1.58. The van der Waals surface area contributed by atoms with Gasteiger partial charge in [-0.15, -0.1) is 11.3 Å². The van der Waals surface area contributed by atoms with Crippen molar-refractivity contribution in [2.45, 2.75) is 13.0 Å². The second-order valence-corrected chi connectivity index (χ2v) is 7.98. The van der Waals surface area contributed by atoms with Gasteiger partial charge in [0.25, 0.3) is 5.91 Å². The lowest BCUT2D eigenvalue weighted by Crippen LogP contribution is -2.17. The number of ether oxygens (including phenoxy) is 1. The second kappa shape index (κ2) is 6.11. The van der Waals surface area contributed by atoms with E-state index in [9.17, 15) is 9.59 Å². The van der Waals surface area contributed by atoms with Gasteiger partial charge in [-0.2, -0.15) is 0 Å². The van der Waals surface area contributed by atoms with Crippen LogP contribution in [0.25, 0.3) is 27.3 Å². The summed E-state index contributed by atoms with van der Waals surface area (Å²) in [6.45, 7) is 0.328. The third-order valence-corrected chi connectivity index (χ3v) is 6.07. The number of hydrogen-bond donors (Lipinski definition) is 1. The first-order chi connectivity index (χ1) is 13.1. The number of rotatable bonds is 2. The maximum atomic E-state index is 12.0. The number of hydrogen-bond acceptors (Lipinski definition) is 5. The van der Waals surface area contributed by atoms with Crippen molar-refractivity contribution < 1.29 is 14.3 Å². The van der Waals surface area contributed by atoms with E-state index in [4.69, 9.17) is 17.0 Å². The molecule has 1 N–H and O–H groups in total. The molecule has 1 amide bonds. The number of thiocarbonyl (C=S) groups is 1. The molecular weight excluding hydrogens is 378 g/mol. The molecule has 4 nitrogen and oxygen atoms in total. The average molecular weight is 391 g/mol. The molecule has 1 aromatic heterocycles. The largest absolute Gasteiger partial charge is 0.457 e. The zero-order chi connectivity index (χ0) is 18.5. The molecule has 132 valence electrons.